The topological polar surface area (TPSA) is 20.2 Å². The van der Waals surface area contributed by atoms with Crippen LogP contribution < -0.4 is 0 Å². The van der Waals surface area contributed by atoms with Crippen molar-refractivity contribution in [1.82, 2.24) is 0 Å². The summed E-state index contributed by atoms with van der Waals surface area (Å²) in [5, 5.41) is 10.6. The maximum atomic E-state index is 13.0. The van der Waals surface area contributed by atoms with E-state index in [9.17, 15) is 9.50 Å². The molecule has 1 nitrogen and oxygen atoms in total. The van der Waals surface area contributed by atoms with Gasteiger partial charge < -0.3 is 5.11 Å². The minimum absolute atomic E-state index is 0.276. The fourth-order valence-corrected chi connectivity index (χ4v) is 2.16. The fraction of sp³-hybridized carbons (Fsp3) is 0.200. The zero-order valence-electron chi connectivity index (χ0n) is 9.81. The van der Waals surface area contributed by atoms with Gasteiger partial charge in [-0.2, -0.15) is 0 Å². The van der Waals surface area contributed by atoms with Gasteiger partial charge in [0, 0.05) is 5.02 Å². The van der Waals surface area contributed by atoms with Gasteiger partial charge in [0.05, 0.1) is 6.10 Å². The molecule has 0 saturated heterocycles. The van der Waals surface area contributed by atoms with Crippen molar-refractivity contribution in [3.8, 4) is 0 Å². The second kappa shape index (κ2) is 5.98. The van der Waals surface area contributed by atoms with E-state index < -0.39 is 6.10 Å². The largest absolute Gasteiger partial charge is 0.392 e. The van der Waals surface area contributed by atoms with Gasteiger partial charge in [-0.25, -0.2) is 4.39 Å². The van der Waals surface area contributed by atoms with Gasteiger partial charge in [-0.1, -0.05) is 35.9 Å². The van der Waals surface area contributed by atoms with Crippen molar-refractivity contribution >= 4 is 11.6 Å². The van der Waals surface area contributed by atoms with Crippen LogP contribution in [0.2, 0.25) is 5.02 Å². The number of hydrogen-bond acceptors (Lipinski definition) is 1. The minimum atomic E-state index is -0.537. The Hall–Kier alpha value is -1.38. The van der Waals surface area contributed by atoms with Gasteiger partial charge in [0.2, 0.25) is 0 Å². The molecule has 0 bridgehead atoms. The predicted octanol–water partition coefficient (Wildman–Crippen LogP) is 3.63. The van der Waals surface area contributed by atoms with Crippen LogP contribution in [0.1, 0.15) is 11.1 Å². The highest BCUT2D eigenvalue weighted by Gasteiger charge is 2.07. The molecule has 2 rings (SSSR count). The van der Waals surface area contributed by atoms with E-state index in [1.807, 2.05) is 24.3 Å². The van der Waals surface area contributed by atoms with Crippen LogP contribution in [-0.2, 0) is 12.8 Å². The minimum Gasteiger partial charge on any atom is -0.392 e. The summed E-state index contributed by atoms with van der Waals surface area (Å²) in [5.41, 5.74) is 1.77. The molecule has 0 amide bonds. The van der Waals surface area contributed by atoms with Gasteiger partial charge in [0.15, 0.2) is 0 Å². The summed E-state index contributed by atoms with van der Waals surface area (Å²) in [4.78, 5) is 0. The molecule has 0 fully saturated rings. The van der Waals surface area contributed by atoms with Crippen LogP contribution >= 0.6 is 11.6 Å². The molecule has 0 spiro atoms. The van der Waals surface area contributed by atoms with E-state index in [4.69, 9.17) is 11.6 Å². The maximum Gasteiger partial charge on any atom is 0.123 e. The van der Waals surface area contributed by atoms with Crippen LogP contribution in [0.4, 0.5) is 4.39 Å². The fourth-order valence-electron chi connectivity index (χ4n) is 1.94. The molecule has 0 saturated carbocycles. The third kappa shape index (κ3) is 3.83. The Morgan fingerprint density at radius 2 is 1.61 bits per heavy atom. The van der Waals surface area contributed by atoms with Crippen molar-refractivity contribution < 1.29 is 9.50 Å². The van der Waals surface area contributed by atoms with Gasteiger partial charge in [-0.05, 0) is 48.2 Å². The molecule has 18 heavy (non-hydrogen) atoms. The van der Waals surface area contributed by atoms with E-state index in [0.29, 0.717) is 17.9 Å². The van der Waals surface area contributed by atoms with Crippen molar-refractivity contribution in [3.05, 3.63) is 70.5 Å². The highest BCUT2D eigenvalue weighted by molar-refractivity contribution is 6.30. The Morgan fingerprint density at radius 3 is 2.22 bits per heavy atom. The number of benzene rings is 2. The number of rotatable bonds is 4. The average molecular weight is 265 g/mol. The summed E-state index contributed by atoms with van der Waals surface area (Å²) >= 11 is 5.88. The number of hydrogen-bond donors (Lipinski definition) is 1. The second-order valence-electron chi connectivity index (χ2n) is 4.32. The Morgan fingerprint density at radius 1 is 1.00 bits per heavy atom. The van der Waals surface area contributed by atoms with Crippen molar-refractivity contribution in [2.24, 2.45) is 0 Å². The number of halogens is 2. The van der Waals surface area contributed by atoms with Crippen molar-refractivity contribution in [2.75, 3.05) is 0 Å². The third-order valence-corrected chi connectivity index (χ3v) is 2.96. The summed E-state index contributed by atoms with van der Waals surface area (Å²) in [5.74, 6) is -0.276. The summed E-state index contributed by atoms with van der Waals surface area (Å²) in [6, 6.07) is 13.7. The van der Waals surface area contributed by atoms with E-state index in [0.717, 1.165) is 11.1 Å². The molecule has 1 N–H and O–H groups in total. The summed E-state index contributed by atoms with van der Waals surface area (Å²) in [6.45, 7) is 0. The molecule has 0 aromatic heterocycles. The van der Waals surface area contributed by atoms with Gasteiger partial charge in [0.1, 0.15) is 5.82 Å². The molecule has 0 radical (unpaired) electrons. The number of aliphatic hydroxyl groups excluding tert-OH is 1. The SMILES string of the molecule is OC(Cc1cccc(F)c1)Cc1cccc(Cl)c1. The quantitative estimate of drug-likeness (QED) is 0.894. The van der Waals surface area contributed by atoms with E-state index in [-0.39, 0.29) is 5.82 Å². The van der Waals surface area contributed by atoms with E-state index in [2.05, 4.69) is 0 Å². The first-order valence-corrected chi connectivity index (χ1v) is 6.18. The molecule has 1 atom stereocenters. The third-order valence-electron chi connectivity index (χ3n) is 2.72. The highest BCUT2D eigenvalue weighted by atomic mass is 35.5. The zero-order chi connectivity index (χ0) is 13.0. The van der Waals surface area contributed by atoms with Crippen LogP contribution in [0.5, 0.6) is 0 Å². The monoisotopic (exact) mass is 264 g/mol. The molecular formula is C15H14ClFO. The lowest BCUT2D eigenvalue weighted by Crippen LogP contribution is -2.14. The highest BCUT2D eigenvalue weighted by Crippen LogP contribution is 2.14. The Bertz CT molecular complexity index is 480. The molecule has 94 valence electrons. The summed E-state index contributed by atoms with van der Waals surface area (Å²) in [7, 11) is 0. The molecule has 2 aromatic carbocycles. The normalized spacial score (nSPS) is 12.4. The van der Waals surface area contributed by atoms with Crippen molar-refractivity contribution in [1.29, 1.82) is 0 Å². The lowest BCUT2D eigenvalue weighted by atomic mass is 10.0. The summed E-state index contributed by atoms with van der Waals surface area (Å²) < 4.78 is 13.0. The predicted molar refractivity (Wildman–Crippen MR) is 71.3 cm³/mol. The summed E-state index contributed by atoms with van der Waals surface area (Å²) in [6.07, 6.45) is 0.409. The Labute approximate surface area is 111 Å². The van der Waals surface area contributed by atoms with Crippen molar-refractivity contribution in [2.45, 2.75) is 18.9 Å². The molecule has 0 aliphatic heterocycles. The van der Waals surface area contributed by atoms with E-state index >= 15 is 0 Å². The molecule has 0 heterocycles. The van der Waals surface area contributed by atoms with Crippen molar-refractivity contribution in [3.63, 3.8) is 0 Å². The maximum absolute atomic E-state index is 13.0. The lowest BCUT2D eigenvalue weighted by Gasteiger charge is -2.11. The Kier molecular flexibility index (Phi) is 4.34. The molecule has 3 heteroatoms. The molecular weight excluding hydrogens is 251 g/mol. The van der Waals surface area contributed by atoms with Crippen LogP contribution in [-0.4, -0.2) is 11.2 Å². The first-order valence-electron chi connectivity index (χ1n) is 5.80. The molecule has 2 aromatic rings. The van der Waals surface area contributed by atoms with Crippen LogP contribution in [0, 0.1) is 5.82 Å². The first-order chi connectivity index (χ1) is 8.63. The molecule has 0 aliphatic rings. The van der Waals surface area contributed by atoms with E-state index in [1.165, 1.54) is 12.1 Å². The first kappa shape index (κ1) is 13.1. The standard InChI is InChI=1S/C15H14ClFO/c16-13-5-1-3-11(7-13)9-15(18)10-12-4-2-6-14(17)8-12/h1-8,15,18H,9-10H2. The van der Waals surface area contributed by atoms with Gasteiger partial charge >= 0.3 is 0 Å². The molecule has 1 unspecified atom stereocenters. The lowest BCUT2D eigenvalue weighted by molar-refractivity contribution is 0.175. The Balaban J connectivity index is 1.98. The second-order valence-corrected chi connectivity index (χ2v) is 4.76. The number of aliphatic hydroxyl groups is 1. The average Bonchev–Trinajstić information content (AvgIpc) is 2.28. The molecule has 0 aliphatic carbocycles. The van der Waals surface area contributed by atoms with Gasteiger partial charge in [-0.15, -0.1) is 0 Å². The van der Waals surface area contributed by atoms with Crippen LogP contribution in [0.15, 0.2) is 48.5 Å². The zero-order valence-corrected chi connectivity index (χ0v) is 10.6. The van der Waals surface area contributed by atoms with Gasteiger partial charge in [0.25, 0.3) is 0 Å². The van der Waals surface area contributed by atoms with Gasteiger partial charge in [-0.3, -0.25) is 0 Å². The van der Waals surface area contributed by atoms with Crippen LogP contribution in [0.25, 0.3) is 0 Å². The van der Waals surface area contributed by atoms with Crippen LogP contribution in [0.3, 0.4) is 0 Å². The van der Waals surface area contributed by atoms with E-state index in [1.54, 1.807) is 12.1 Å². The smallest absolute Gasteiger partial charge is 0.123 e.